The van der Waals surface area contributed by atoms with Gasteiger partial charge < -0.3 is 20.8 Å². The summed E-state index contributed by atoms with van der Waals surface area (Å²) in [7, 11) is 0. The normalized spacial score (nSPS) is 10.0. The molecule has 0 spiro atoms. The van der Waals surface area contributed by atoms with Crippen LogP contribution in [0.1, 0.15) is 31.8 Å². The van der Waals surface area contributed by atoms with Crippen molar-refractivity contribution < 1.29 is 19.8 Å². The Morgan fingerprint density at radius 1 is 0.655 bits per heavy atom. The zero-order valence-corrected chi connectivity index (χ0v) is 15.5. The van der Waals surface area contributed by atoms with Crippen LogP contribution in [0.2, 0.25) is 0 Å². The molecule has 0 unspecified atom stereocenters. The monoisotopic (exact) mass is 400 g/mol. The van der Waals surface area contributed by atoms with Crippen LogP contribution in [0.15, 0.2) is 60.7 Å². The molecule has 0 aromatic heterocycles. The molecule has 29 heavy (non-hydrogen) atoms. The number of anilines is 4. The molecule has 0 aliphatic carbocycles. The number of aromatic carboxylic acids is 2. The van der Waals surface area contributed by atoms with Gasteiger partial charge in [-0.15, -0.1) is 0 Å². The van der Waals surface area contributed by atoms with E-state index in [2.05, 4.69) is 10.6 Å². The van der Waals surface area contributed by atoms with Crippen molar-refractivity contribution >= 4 is 64.2 Å². The van der Waals surface area contributed by atoms with Gasteiger partial charge in [0, 0.05) is 11.4 Å². The molecule has 0 bridgehead atoms. The topological polar surface area (TPSA) is 98.7 Å². The molecule has 0 fully saturated rings. The van der Waals surface area contributed by atoms with Gasteiger partial charge in [-0.1, -0.05) is 36.4 Å². The molecular weight excluding hydrogens is 379 g/mol. The molecule has 0 atom stereocenters. The van der Waals surface area contributed by atoms with Gasteiger partial charge in [0.25, 0.3) is 0 Å². The van der Waals surface area contributed by atoms with Gasteiger partial charge in [-0.25, -0.2) is 9.59 Å². The average molecular weight is 400 g/mol. The number of aryl methyl sites for hydroxylation is 2. The van der Waals surface area contributed by atoms with E-state index in [1.807, 2.05) is 50.2 Å². The van der Waals surface area contributed by atoms with E-state index in [9.17, 15) is 19.8 Å². The first-order chi connectivity index (χ1) is 13.4. The summed E-state index contributed by atoms with van der Waals surface area (Å²) in [5.41, 5.74) is 3.63. The van der Waals surface area contributed by atoms with Crippen LogP contribution in [0.5, 0.6) is 0 Å². The SMILES string of the molecule is Cc1ccccc1Nc1cc(C(=O)O)c(Nc2ccccc2C)cc1C(=O)O.[NaH]. The van der Waals surface area contributed by atoms with Crippen LogP contribution in [-0.2, 0) is 0 Å². The summed E-state index contributed by atoms with van der Waals surface area (Å²) < 4.78 is 0. The predicted molar refractivity (Wildman–Crippen MR) is 116 cm³/mol. The number of hydrogen-bond acceptors (Lipinski definition) is 4. The molecule has 0 saturated carbocycles. The Bertz CT molecular complexity index is 981. The third-order valence-electron chi connectivity index (χ3n) is 4.45. The predicted octanol–water partition coefficient (Wildman–Crippen LogP) is 4.54. The second kappa shape index (κ2) is 9.60. The molecule has 0 radical (unpaired) electrons. The van der Waals surface area contributed by atoms with Gasteiger partial charge >= 0.3 is 41.5 Å². The van der Waals surface area contributed by atoms with Gasteiger partial charge in [0.2, 0.25) is 0 Å². The van der Waals surface area contributed by atoms with Crippen molar-refractivity contribution in [2.45, 2.75) is 13.8 Å². The summed E-state index contributed by atoms with van der Waals surface area (Å²) in [4.78, 5) is 23.7. The Labute approximate surface area is 190 Å². The summed E-state index contributed by atoms with van der Waals surface area (Å²) >= 11 is 0. The van der Waals surface area contributed by atoms with Crippen LogP contribution >= 0.6 is 0 Å². The van der Waals surface area contributed by atoms with E-state index in [0.29, 0.717) is 11.4 Å². The Kier molecular flexibility index (Phi) is 7.45. The fourth-order valence-corrected chi connectivity index (χ4v) is 2.88. The third kappa shape index (κ3) is 5.17. The first-order valence-corrected chi connectivity index (χ1v) is 8.66. The molecule has 3 aromatic rings. The van der Waals surface area contributed by atoms with Gasteiger partial charge in [0.15, 0.2) is 0 Å². The molecule has 0 aliphatic rings. The Morgan fingerprint density at radius 2 is 1.00 bits per heavy atom. The Hall–Kier alpha value is -2.80. The summed E-state index contributed by atoms with van der Waals surface area (Å²) in [5, 5.41) is 25.4. The molecule has 6 nitrogen and oxygen atoms in total. The van der Waals surface area contributed by atoms with Crippen molar-refractivity contribution in [2.75, 3.05) is 10.6 Å². The van der Waals surface area contributed by atoms with Crippen LogP contribution in [0.25, 0.3) is 0 Å². The first kappa shape index (κ1) is 22.5. The van der Waals surface area contributed by atoms with Gasteiger partial charge in [-0.05, 0) is 49.2 Å². The second-order valence-corrected chi connectivity index (χ2v) is 6.43. The van der Waals surface area contributed by atoms with Crippen LogP contribution in [0.3, 0.4) is 0 Å². The second-order valence-electron chi connectivity index (χ2n) is 6.43. The van der Waals surface area contributed by atoms with E-state index in [1.165, 1.54) is 12.1 Å². The maximum atomic E-state index is 11.8. The van der Waals surface area contributed by atoms with Crippen LogP contribution in [-0.4, -0.2) is 51.7 Å². The molecule has 3 rings (SSSR count). The van der Waals surface area contributed by atoms with Crippen molar-refractivity contribution in [3.8, 4) is 0 Å². The molecule has 0 aliphatic heterocycles. The summed E-state index contributed by atoms with van der Waals surface area (Å²) in [5.74, 6) is -2.30. The first-order valence-electron chi connectivity index (χ1n) is 8.66. The van der Waals surface area contributed by atoms with Crippen LogP contribution in [0.4, 0.5) is 22.7 Å². The standard InChI is InChI=1S/C22H20N2O4.Na.H/c1-13-7-3-5-9-17(13)23-19-11-16(22(27)28)20(12-15(19)21(25)26)24-18-10-6-4-8-14(18)2;;/h3-12,23-24H,1-2H3,(H,25,26)(H,27,28);;. The summed E-state index contributed by atoms with van der Waals surface area (Å²) in [6.07, 6.45) is 0. The van der Waals surface area contributed by atoms with Crippen molar-refractivity contribution in [2.24, 2.45) is 0 Å². The molecule has 7 heteroatoms. The Morgan fingerprint density at radius 3 is 1.31 bits per heavy atom. The third-order valence-corrected chi connectivity index (χ3v) is 4.45. The van der Waals surface area contributed by atoms with E-state index in [1.54, 1.807) is 12.1 Å². The molecule has 144 valence electrons. The fourth-order valence-electron chi connectivity index (χ4n) is 2.88. The van der Waals surface area contributed by atoms with Gasteiger partial charge in [-0.2, -0.15) is 0 Å². The number of benzene rings is 3. The molecular formula is C22H21N2NaO4. The number of para-hydroxylation sites is 2. The molecule has 0 saturated heterocycles. The maximum absolute atomic E-state index is 11.8. The number of carbonyl (C=O) groups is 2. The minimum atomic E-state index is -1.15. The molecule has 0 heterocycles. The number of nitrogens with one attached hydrogen (secondary N) is 2. The van der Waals surface area contributed by atoms with Crippen molar-refractivity contribution in [3.63, 3.8) is 0 Å². The van der Waals surface area contributed by atoms with Crippen LogP contribution < -0.4 is 10.6 Å². The molecule has 4 N–H and O–H groups in total. The van der Waals surface area contributed by atoms with E-state index >= 15 is 0 Å². The number of hydrogen-bond donors (Lipinski definition) is 4. The van der Waals surface area contributed by atoms with E-state index in [-0.39, 0.29) is 52.1 Å². The van der Waals surface area contributed by atoms with Crippen molar-refractivity contribution in [1.29, 1.82) is 0 Å². The van der Waals surface area contributed by atoms with Crippen molar-refractivity contribution in [3.05, 3.63) is 82.9 Å². The van der Waals surface area contributed by atoms with E-state index in [0.717, 1.165) is 11.1 Å². The van der Waals surface area contributed by atoms with Crippen LogP contribution in [0, 0.1) is 13.8 Å². The number of carboxylic acids is 2. The quantitative estimate of drug-likeness (QED) is 0.454. The van der Waals surface area contributed by atoms with Crippen molar-refractivity contribution in [1.82, 2.24) is 0 Å². The zero-order chi connectivity index (χ0) is 20.3. The summed E-state index contributed by atoms with van der Waals surface area (Å²) in [6.45, 7) is 3.77. The Balaban J connectivity index is 0.00000300. The van der Waals surface area contributed by atoms with E-state index in [4.69, 9.17) is 0 Å². The number of carboxylic acid groups (broad SMARTS) is 2. The summed E-state index contributed by atoms with van der Waals surface area (Å²) in [6, 6.07) is 17.5. The molecule has 3 aromatic carbocycles. The fraction of sp³-hybridized carbons (Fsp3) is 0.0909. The minimum absolute atomic E-state index is 0. The molecule has 0 amide bonds. The van der Waals surface area contributed by atoms with E-state index < -0.39 is 11.9 Å². The zero-order valence-electron chi connectivity index (χ0n) is 15.5. The number of rotatable bonds is 6. The van der Waals surface area contributed by atoms with Gasteiger partial charge in [0.05, 0.1) is 22.5 Å². The van der Waals surface area contributed by atoms with Gasteiger partial charge in [0.1, 0.15) is 0 Å². The average Bonchev–Trinajstić information content (AvgIpc) is 2.65. The van der Waals surface area contributed by atoms with Gasteiger partial charge in [-0.3, -0.25) is 0 Å².